The van der Waals surface area contributed by atoms with Gasteiger partial charge in [-0.25, -0.2) is 14.2 Å². The van der Waals surface area contributed by atoms with Crippen molar-refractivity contribution in [1.82, 2.24) is 9.55 Å². The molecule has 3 N–H and O–H groups in total. The maximum atomic E-state index is 12.6. The molecule has 7 heteroatoms. The van der Waals surface area contributed by atoms with Crippen molar-refractivity contribution in [2.75, 3.05) is 12.4 Å². The summed E-state index contributed by atoms with van der Waals surface area (Å²) in [5, 5.41) is 10.6. The summed E-state index contributed by atoms with van der Waals surface area (Å²) in [6.07, 6.45) is 1.71. The molecule has 2 aromatic heterocycles. The van der Waals surface area contributed by atoms with E-state index in [0.717, 1.165) is 27.8 Å². The molecular weight excluding hydrogens is 305 g/mol. The van der Waals surface area contributed by atoms with Gasteiger partial charge in [-0.2, -0.15) is 0 Å². The molecule has 0 aliphatic heterocycles. The van der Waals surface area contributed by atoms with Gasteiger partial charge >= 0.3 is 5.97 Å². The van der Waals surface area contributed by atoms with E-state index in [0.29, 0.717) is 16.4 Å². The Morgan fingerprint density at radius 1 is 1.50 bits per heavy atom. The van der Waals surface area contributed by atoms with Crippen LogP contribution in [0.4, 0.5) is 10.1 Å². The molecule has 0 unspecified atom stereocenters. The van der Waals surface area contributed by atoms with Crippen LogP contribution in [0.15, 0.2) is 24.4 Å². The Bertz CT molecular complexity index is 869. The number of rotatable bonds is 4. The third-order valence-electron chi connectivity index (χ3n) is 3.48. The van der Waals surface area contributed by atoms with E-state index >= 15 is 0 Å². The number of aromatic nitrogens is 2. The van der Waals surface area contributed by atoms with E-state index in [2.05, 4.69) is 4.98 Å². The first-order valence-electron chi connectivity index (χ1n) is 6.66. The lowest BCUT2D eigenvalue weighted by atomic mass is 10.1. The second kappa shape index (κ2) is 5.42. The Balaban J connectivity index is 2.11. The highest BCUT2D eigenvalue weighted by atomic mass is 32.1. The van der Waals surface area contributed by atoms with Crippen LogP contribution in [-0.4, -0.2) is 27.3 Å². The van der Waals surface area contributed by atoms with Crippen molar-refractivity contribution >= 4 is 33.9 Å². The first-order valence-corrected chi connectivity index (χ1v) is 7.48. The van der Waals surface area contributed by atoms with Crippen molar-refractivity contribution < 1.29 is 14.3 Å². The van der Waals surface area contributed by atoms with Crippen LogP contribution in [0, 0.1) is 6.92 Å². The van der Waals surface area contributed by atoms with Crippen molar-refractivity contribution in [1.29, 1.82) is 0 Å². The highest BCUT2D eigenvalue weighted by Gasteiger charge is 2.16. The number of benzene rings is 1. The highest BCUT2D eigenvalue weighted by molar-refractivity contribution is 7.17. The van der Waals surface area contributed by atoms with Gasteiger partial charge in [-0.15, -0.1) is 11.3 Å². The Morgan fingerprint density at radius 3 is 2.91 bits per heavy atom. The third kappa shape index (κ3) is 2.33. The Hall–Kier alpha value is -2.41. The summed E-state index contributed by atoms with van der Waals surface area (Å²) in [4.78, 5) is 15.7. The molecule has 1 aromatic carbocycles. The molecule has 0 fully saturated rings. The van der Waals surface area contributed by atoms with Gasteiger partial charge in [0.05, 0.1) is 23.4 Å². The van der Waals surface area contributed by atoms with Crippen LogP contribution in [0.5, 0.6) is 0 Å². The fraction of sp³-hybridized carbons (Fsp3) is 0.200. The molecule has 0 aliphatic carbocycles. The summed E-state index contributed by atoms with van der Waals surface area (Å²) in [6, 6.07) is 5.57. The zero-order valence-electron chi connectivity index (χ0n) is 11.8. The predicted molar refractivity (Wildman–Crippen MR) is 85.1 cm³/mol. The minimum atomic E-state index is -0.976. The molecule has 0 saturated carbocycles. The number of thiazole rings is 1. The lowest BCUT2D eigenvalue weighted by Gasteiger charge is -2.02. The molecule has 0 amide bonds. The van der Waals surface area contributed by atoms with Gasteiger partial charge in [-0.3, -0.25) is 0 Å². The molecule has 3 aromatic rings. The minimum absolute atomic E-state index is 0.234. The van der Waals surface area contributed by atoms with Crippen LogP contribution in [0.3, 0.4) is 0 Å². The van der Waals surface area contributed by atoms with E-state index in [1.54, 1.807) is 17.7 Å². The van der Waals surface area contributed by atoms with Crippen molar-refractivity contribution in [3.63, 3.8) is 0 Å². The normalized spacial score (nSPS) is 11.2. The first kappa shape index (κ1) is 14.5. The van der Waals surface area contributed by atoms with E-state index in [1.165, 1.54) is 0 Å². The van der Waals surface area contributed by atoms with Crippen LogP contribution >= 0.6 is 11.3 Å². The van der Waals surface area contributed by atoms with Gasteiger partial charge in [0.25, 0.3) is 0 Å². The Labute approximate surface area is 129 Å². The topological polar surface area (TPSA) is 81.1 Å². The monoisotopic (exact) mass is 319 g/mol. The van der Waals surface area contributed by atoms with Crippen molar-refractivity contribution in [2.45, 2.75) is 13.5 Å². The molecule has 5 nitrogen and oxygen atoms in total. The standard InChI is InChI=1S/C15H14FN3O2S/c1-8-13(15(20)21)22-14(18-8)9-2-3-12-10(6-9)11(17)7-19(12)5-4-16/h2-3,6-7H,4-5,17H2,1H3,(H,20,21). The van der Waals surface area contributed by atoms with Crippen LogP contribution < -0.4 is 5.73 Å². The lowest BCUT2D eigenvalue weighted by molar-refractivity contribution is 0.0701. The molecule has 0 aliphatic rings. The number of aryl methyl sites for hydroxylation is 2. The number of nitrogen functional groups attached to an aromatic ring is 1. The van der Waals surface area contributed by atoms with Gasteiger partial charge in [0.1, 0.15) is 16.6 Å². The molecule has 2 heterocycles. The number of hydrogen-bond donors (Lipinski definition) is 2. The molecule has 3 rings (SSSR count). The lowest BCUT2D eigenvalue weighted by Crippen LogP contribution is -1.96. The largest absolute Gasteiger partial charge is 0.477 e. The number of halogens is 1. The van der Waals surface area contributed by atoms with Crippen LogP contribution in [0.25, 0.3) is 21.5 Å². The summed E-state index contributed by atoms with van der Waals surface area (Å²) in [7, 11) is 0. The van der Waals surface area contributed by atoms with Crippen LogP contribution in [-0.2, 0) is 6.54 Å². The van der Waals surface area contributed by atoms with E-state index in [1.807, 2.05) is 18.2 Å². The van der Waals surface area contributed by atoms with E-state index in [-0.39, 0.29) is 11.4 Å². The molecule has 0 atom stereocenters. The maximum Gasteiger partial charge on any atom is 0.347 e. The molecule has 0 bridgehead atoms. The average molecular weight is 319 g/mol. The number of carboxylic acid groups (broad SMARTS) is 1. The van der Waals surface area contributed by atoms with E-state index in [4.69, 9.17) is 10.8 Å². The fourth-order valence-corrected chi connectivity index (χ4v) is 3.35. The summed E-state index contributed by atoms with van der Waals surface area (Å²) >= 11 is 1.13. The zero-order valence-corrected chi connectivity index (χ0v) is 12.7. The predicted octanol–water partition coefficient (Wildman–Crippen LogP) is 3.32. The summed E-state index contributed by atoms with van der Waals surface area (Å²) < 4.78 is 14.3. The fourth-order valence-electron chi connectivity index (χ4n) is 2.45. The van der Waals surface area contributed by atoms with Crippen molar-refractivity contribution in [3.8, 4) is 10.6 Å². The molecule has 0 spiro atoms. The molecular formula is C15H14FN3O2S. The number of fused-ring (bicyclic) bond motifs is 1. The van der Waals surface area contributed by atoms with Gasteiger partial charge < -0.3 is 15.4 Å². The number of carboxylic acids is 1. The Morgan fingerprint density at radius 2 is 2.27 bits per heavy atom. The third-order valence-corrected chi connectivity index (χ3v) is 4.67. The average Bonchev–Trinajstić information content (AvgIpc) is 3.01. The number of nitrogens with zero attached hydrogens (tertiary/aromatic N) is 2. The van der Waals surface area contributed by atoms with E-state index < -0.39 is 12.6 Å². The van der Waals surface area contributed by atoms with Crippen molar-refractivity contribution in [2.24, 2.45) is 0 Å². The van der Waals surface area contributed by atoms with Crippen molar-refractivity contribution in [3.05, 3.63) is 35.0 Å². The number of carbonyl (C=O) groups is 1. The van der Waals surface area contributed by atoms with Gasteiger partial charge in [0, 0.05) is 17.1 Å². The van der Waals surface area contributed by atoms with Crippen LogP contribution in [0.2, 0.25) is 0 Å². The van der Waals surface area contributed by atoms with E-state index in [9.17, 15) is 9.18 Å². The second-order valence-corrected chi connectivity index (χ2v) is 5.94. The smallest absolute Gasteiger partial charge is 0.347 e. The zero-order chi connectivity index (χ0) is 15.9. The van der Waals surface area contributed by atoms with Gasteiger partial charge in [0.15, 0.2) is 0 Å². The first-order chi connectivity index (χ1) is 10.5. The highest BCUT2D eigenvalue weighted by Crippen LogP contribution is 2.32. The number of anilines is 1. The summed E-state index contributed by atoms with van der Waals surface area (Å²) in [6.45, 7) is 1.47. The molecule has 22 heavy (non-hydrogen) atoms. The quantitative estimate of drug-likeness (QED) is 0.773. The maximum absolute atomic E-state index is 12.6. The van der Waals surface area contributed by atoms with Gasteiger partial charge in [0.2, 0.25) is 0 Å². The minimum Gasteiger partial charge on any atom is -0.477 e. The number of nitrogens with two attached hydrogens (primary N) is 1. The number of aromatic carboxylic acids is 1. The second-order valence-electron chi connectivity index (χ2n) is 4.94. The number of hydrogen-bond acceptors (Lipinski definition) is 4. The molecule has 0 saturated heterocycles. The molecule has 0 radical (unpaired) electrons. The SMILES string of the molecule is Cc1nc(-c2ccc3c(c2)c(N)cn3CCF)sc1C(=O)O. The van der Waals surface area contributed by atoms with Crippen LogP contribution in [0.1, 0.15) is 15.4 Å². The summed E-state index contributed by atoms with van der Waals surface area (Å²) in [5.74, 6) is -0.976. The molecule has 114 valence electrons. The summed E-state index contributed by atoms with van der Waals surface area (Å²) in [5.41, 5.74) is 8.70. The van der Waals surface area contributed by atoms with Gasteiger partial charge in [-0.1, -0.05) is 0 Å². The van der Waals surface area contributed by atoms with Gasteiger partial charge in [-0.05, 0) is 25.1 Å². The Kier molecular flexibility index (Phi) is 3.58. The number of alkyl halides is 1.